The van der Waals surface area contributed by atoms with Crippen molar-refractivity contribution < 1.29 is 22.7 Å². The molecule has 9 heteroatoms. The van der Waals surface area contributed by atoms with E-state index in [0.29, 0.717) is 36.6 Å². The molecular weight excluding hydrogens is 406 g/mol. The molecule has 1 aliphatic heterocycles. The largest absolute Gasteiger partial charge is 0.493 e. The molecule has 30 heavy (non-hydrogen) atoms. The molecule has 0 radical (unpaired) electrons. The van der Waals surface area contributed by atoms with E-state index in [2.05, 4.69) is 5.10 Å². The normalized spacial score (nSPS) is 17.7. The van der Waals surface area contributed by atoms with Crippen molar-refractivity contribution in [2.45, 2.75) is 39.8 Å². The fourth-order valence-electron chi connectivity index (χ4n) is 3.85. The predicted molar refractivity (Wildman–Crippen MR) is 114 cm³/mol. The highest BCUT2D eigenvalue weighted by molar-refractivity contribution is 7.91. The highest BCUT2D eigenvalue weighted by Crippen LogP contribution is 2.30. The lowest BCUT2D eigenvalue weighted by atomic mass is 10.1. The monoisotopic (exact) mass is 435 g/mol. The second-order valence-electron chi connectivity index (χ2n) is 7.61. The lowest BCUT2D eigenvalue weighted by Gasteiger charge is -2.19. The van der Waals surface area contributed by atoms with Gasteiger partial charge in [-0.15, -0.1) is 0 Å². The van der Waals surface area contributed by atoms with Gasteiger partial charge in [0.25, 0.3) is 5.91 Å². The van der Waals surface area contributed by atoms with Crippen LogP contribution in [-0.2, 0) is 16.4 Å². The molecule has 0 unspecified atom stereocenters. The maximum absolute atomic E-state index is 13.0. The van der Waals surface area contributed by atoms with Gasteiger partial charge in [-0.2, -0.15) is 5.10 Å². The highest BCUT2D eigenvalue weighted by Gasteiger charge is 2.31. The van der Waals surface area contributed by atoms with Gasteiger partial charge in [0.05, 0.1) is 37.0 Å². The number of methoxy groups -OCH3 is 1. The quantitative estimate of drug-likeness (QED) is 0.664. The van der Waals surface area contributed by atoms with Crippen molar-refractivity contribution in [3.63, 3.8) is 0 Å². The van der Waals surface area contributed by atoms with Crippen molar-refractivity contribution >= 4 is 15.7 Å². The smallest absolute Gasteiger partial charge is 0.254 e. The van der Waals surface area contributed by atoms with E-state index in [4.69, 9.17) is 9.47 Å². The average Bonchev–Trinajstić information content (AvgIpc) is 3.21. The molecule has 8 nitrogen and oxygen atoms in total. The molecule has 0 saturated carbocycles. The van der Waals surface area contributed by atoms with E-state index in [1.807, 2.05) is 25.5 Å². The van der Waals surface area contributed by atoms with Gasteiger partial charge >= 0.3 is 0 Å². The summed E-state index contributed by atoms with van der Waals surface area (Å²) in [4.78, 5) is 14.6. The molecule has 164 valence electrons. The number of hydrogen-bond donors (Lipinski definition) is 0. The SMILES string of the molecule is CCOc1ccc(C(=O)N(C)Cc2c(C)nn([C@H]3CCS(=O)(=O)C3)c2C)cc1OC. The van der Waals surface area contributed by atoms with Gasteiger partial charge in [0.2, 0.25) is 0 Å². The first kappa shape index (κ1) is 22.1. The number of benzene rings is 1. The van der Waals surface area contributed by atoms with Gasteiger partial charge in [-0.3, -0.25) is 9.48 Å². The predicted octanol–water partition coefficient (Wildman–Crippen LogP) is 2.54. The summed E-state index contributed by atoms with van der Waals surface area (Å²) >= 11 is 0. The Bertz CT molecular complexity index is 1050. The third-order valence-corrected chi connectivity index (χ3v) is 7.23. The van der Waals surface area contributed by atoms with E-state index in [0.717, 1.165) is 17.0 Å². The summed E-state index contributed by atoms with van der Waals surface area (Å²) in [7, 11) is 0.281. The molecule has 1 saturated heterocycles. The fourth-order valence-corrected chi connectivity index (χ4v) is 5.55. The zero-order chi connectivity index (χ0) is 22.1. The van der Waals surface area contributed by atoms with Crippen molar-refractivity contribution in [2.75, 3.05) is 32.3 Å². The fraction of sp³-hybridized carbons (Fsp3) is 0.524. The Kier molecular flexibility index (Phi) is 6.40. The summed E-state index contributed by atoms with van der Waals surface area (Å²) in [5.74, 6) is 1.28. The standard InChI is InChI=1S/C21H29N3O5S/c1-6-29-19-8-7-16(11-20(19)28-5)21(25)23(4)12-18-14(2)22-24(15(18)3)17-9-10-30(26,27)13-17/h7-8,11,17H,6,9-10,12-13H2,1-5H3/t17-/m0/s1. The first-order chi connectivity index (χ1) is 14.2. The van der Waals surface area contributed by atoms with E-state index in [1.54, 1.807) is 37.3 Å². The van der Waals surface area contributed by atoms with Crippen LogP contribution in [0.5, 0.6) is 11.5 Å². The summed E-state index contributed by atoms with van der Waals surface area (Å²) < 4.78 is 36.4. The van der Waals surface area contributed by atoms with Crippen LogP contribution >= 0.6 is 0 Å². The molecule has 0 N–H and O–H groups in total. The van der Waals surface area contributed by atoms with Gasteiger partial charge in [0.1, 0.15) is 0 Å². The summed E-state index contributed by atoms with van der Waals surface area (Å²) in [6, 6.07) is 4.99. The summed E-state index contributed by atoms with van der Waals surface area (Å²) in [6.07, 6.45) is 0.574. The number of nitrogens with zero attached hydrogens (tertiary/aromatic N) is 3. The number of sulfone groups is 1. The van der Waals surface area contributed by atoms with Crippen LogP contribution < -0.4 is 9.47 Å². The first-order valence-electron chi connectivity index (χ1n) is 9.98. The maximum atomic E-state index is 13.0. The topological polar surface area (TPSA) is 90.7 Å². The Morgan fingerprint density at radius 1 is 1.30 bits per heavy atom. The molecule has 3 rings (SSSR count). The number of amides is 1. The minimum atomic E-state index is -3.00. The van der Waals surface area contributed by atoms with Crippen LogP contribution in [0.1, 0.15) is 46.7 Å². The third kappa shape index (κ3) is 4.45. The number of hydrogen-bond acceptors (Lipinski definition) is 6. The van der Waals surface area contributed by atoms with Gasteiger partial charge in [-0.05, 0) is 45.4 Å². The van der Waals surface area contributed by atoms with Crippen LogP contribution in [0.15, 0.2) is 18.2 Å². The zero-order valence-corrected chi connectivity index (χ0v) is 19.0. The number of carbonyl (C=O) groups is 1. The van der Waals surface area contributed by atoms with E-state index in [1.165, 1.54) is 0 Å². The van der Waals surface area contributed by atoms with Gasteiger partial charge < -0.3 is 14.4 Å². The zero-order valence-electron chi connectivity index (χ0n) is 18.1. The van der Waals surface area contributed by atoms with Gasteiger partial charge in [0, 0.05) is 30.4 Å². The number of aryl methyl sites for hydroxylation is 1. The average molecular weight is 436 g/mol. The molecule has 1 aromatic heterocycles. The molecule has 1 aromatic carbocycles. The molecule has 1 fully saturated rings. The molecule has 2 aromatic rings. The van der Waals surface area contributed by atoms with E-state index in [-0.39, 0.29) is 23.5 Å². The second-order valence-corrected chi connectivity index (χ2v) is 9.84. The van der Waals surface area contributed by atoms with E-state index in [9.17, 15) is 13.2 Å². The minimum Gasteiger partial charge on any atom is -0.493 e. The summed E-state index contributed by atoms with van der Waals surface area (Å²) in [5.41, 5.74) is 3.15. The third-order valence-electron chi connectivity index (χ3n) is 5.48. The Labute approximate surface area is 177 Å². The molecule has 1 atom stereocenters. The van der Waals surface area contributed by atoms with Crippen LogP contribution in [0.3, 0.4) is 0 Å². The minimum absolute atomic E-state index is 0.120. The molecular formula is C21H29N3O5S. The molecule has 2 heterocycles. The van der Waals surface area contributed by atoms with Gasteiger partial charge in [-0.25, -0.2) is 8.42 Å². The van der Waals surface area contributed by atoms with Crippen molar-refractivity contribution in [2.24, 2.45) is 0 Å². The molecule has 1 aliphatic rings. The maximum Gasteiger partial charge on any atom is 0.254 e. The number of aromatic nitrogens is 2. The molecule has 0 bridgehead atoms. The number of carbonyl (C=O) groups excluding carboxylic acids is 1. The Morgan fingerprint density at radius 3 is 2.63 bits per heavy atom. The van der Waals surface area contributed by atoms with Crippen LogP contribution in [0.25, 0.3) is 0 Å². The van der Waals surface area contributed by atoms with Crippen LogP contribution in [0, 0.1) is 13.8 Å². The van der Waals surface area contributed by atoms with Gasteiger partial charge in [0.15, 0.2) is 21.3 Å². The molecule has 0 aliphatic carbocycles. The van der Waals surface area contributed by atoms with Crippen molar-refractivity contribution in [3.05, 3.63) is 40.7 Å². The van der Waals surface area contributed by atoms with Crippen molar-refractivity contribution in [3.8, 4) is 11.5 Å². The Balaban J connectivity index is 1.79. The van der Waals surface area contributed by atoms with Crippen molar-refractivity contribution in [1.82, 2.24) is 14.7 Å². The number of ether oxygens (including phenoxy) is 2. The Morgan fingerprint density at radius 2 is 2.03 bits per heavy atom. The number of rotatable bonds is 7. The van der Waals surface area contributed by atoms with Crippen LogP contribution in [0.2, 0.25) is 0 Å². The van der Waals surface area contributed by atoms with Gasteiger partial charge in [-0.1, -0.05) is 0 Å². The van der Waals surface area contributed by atoms with Crippen LogP contribution in [0.4, 0.5) is 0 Å². The summed E-state index contributed by atoms with van der Waals surface area (Å²) in [6.45, 7) is 6.59. The lowest BCUT2D eigenvalue weighted by molar-refractivity contribution is 0.0784. The Hall–Kier alpha value is -2.55. The lowest BCUT2D eigenvalue weighted by Crippen LogP contribution is -2.27. The molecule has 0 spiro atoms. The van der Waals surface area contributed by atoms with Crippen LogP contribution in [-0.4, -0.2) is 61.3 Å². The van der Waals surface area contributed by atoms with E-state index >= 15 is 0 Å². The second kappa shape index (κ2) is 8.67. The highest BCUT2D eigenvalue weighted by atomic mass is 32.2. The first-order valence-corrected chi connectivity index (χ1v) is 11.8. The van der Waals surface area contributed by atoms with Crippen molar-refractivity contribution in [1.29, 1.82) is 0 Å². The van der Waals surface area contributed by atoms with E-state index < -0.39 is 9.84 Å². The summed E-state index contributed by atoms with van der Waals surface area (Å²) in [5, 5.41) is 4.58. The molecule has 1 amide bonds.